The average Bonchev–Trinajstić information content (AvgIpc) is 3.89. The minimum atomic E-state index is -1.69. The number of hydrogen-bond donors (Lipinski definition) is 4. The van der Waals surface area contributed by atoms with Gasteiger partial charge in [0.25, 0.3) is 5.91 Å². The van der Waals surface area contributed by atoms with Crippen LogP contribution >= 0.6 is 11.8 Å². The summed E-state index contributed by atoms with van der Waals surface area (Å²) in [7, 11) is 5.33. The lowest BCUT2D eigenvalue weighted by Gasteiger charge is -2.45. The molecule has 73 heavy (non-hydrogen) atoms. The number of thioether (sulfide) groups is 1. The predicted octanol–water partition coefficient (Wildman–Crippen LogP) is 2.32. The molecule has 9 atom stereocenters. The number of amides is 6. The second-order valence-electron chi connectivity index (χ2n) is 20.1. The van der Waals surface area contributed by atoms with Crippen LogP contribution in [0.1, 0.15) is 80.0 Å². The number of esters is 1. The lowest BCUT2D eigenvalue weighted by Crippen LogP contribution is -2.63. The fourth-order valence-electron chi connectivity index (χ4n) is 10.8. The van der Waals surface area contributed by atoms with Crippen LogP contribution in [-0.2, 0) is 44.7 Å². The Kier molecular flexibility index (Phi) is 16.7. The quantitative estimate of drug-likeness (QED) is 0.214. The van der Waals surface area contributed by atoms with Gasteiger partial charge in [0.05, 0.1) is 0 Å². The van der Waals surface area contributed by atoms with Crippen LogP contribution < -0.4 is 20.9 Å². The second-order valence-corrected chi connectivity index (χ2v) is 21.4. The smallest absolute Gasteiger partial charge is 0.333 e. The van der Waals surface area contributed by atoms with E-state index >= 15 is 14.4 Å². The van der Waals surface area contributed by atoms with Crippen molar-refractivity contribution in [1.29, 1.82) is 0 Å². The van der Waals surface area contributed by atoms with Gasteiger partial charge < -0.3 is 50.3 Å². The fraction of sp³-hybridized carbons (Fsp3) is 0.528. The molecule has 2 bridgehead atoms. The van der Waals surface area contributed by atoms with Crippen LogP contribution in [0.2, 0.25) is 0 Å². The van der Waals surface area contributed by atoms with Crippen molar-refractivity contribution in [3.05, 3.63) is 89.7 Å². The Morgan fingerprint density at radius 2 is 1.58 bits per heavy atom. The molecule has 0 aliphatic carbocycles. The normalized spacial score (nSPS) is 29.5. The summed E-state index contributed by atoms with van der Waals surface area (Å²) in [5.41, 5.74) is 1.49. The Hall–Kier alpha value is -6.54. The Balaban J connectivity index is 1.19. The third kappa shape index (κ3) is 11.8. The summed E-state index contributed by atoms with van der Waals surface area (Å²) in [5.74, 6) is -5.83. The number of ether oxygens (including phenoxy) is 1. The van der Waals surface area contributed by atoms with Crippen molar-refractivity contribution in [3.63, 3.8) is 0 Å². The number of cyclic esters (lactones) is 1. The zero-order valence-corrected chi connectivity index (χ0v) is 42.9. The van der Waals surface area contributed by atoms with Gasteiger partial charge >= 0.3 is 5.97 Å². The zero-order chi connectivity index (χ0) is 52.1. The Morgan fingerprint density at radius 1 is 0.849 bits per heavy atom. The number of aromatic nitrogens is 1. The number of rotatable bonds is 10. The third-order valence-electron chi connectivity index (χ3n) is 15.2. The van der Waals surface area contributed by atoms with Gasteiger partial charge in [-0.15, -0.1) is 0 Å². The maximum Gasteiger partial charge on any atom is 0.333 e. The first-order chi connectivity index (χ1) is 35.0. The van der Waals surface area contributed by atoms with Gasteiger partial charge in [0.15, 0.2) is 11.7 Å². The summed E-state index contributed by atoms with van der Waals surface area (Å²) < 4.78 is 5.97. The van der Waals surface area contributed by atoms with E-state index in [1.165, 1.54) is 47.0 Å². The molecule has 9 rings (SSSR count). The predicted molar refractivity (Wildman–Crippen MR) is 272 cm³/mol. The van der Waals surface area contributed by atoms with Crippen LogP contribution in [0, 0.1) is 11.8 Å². The van der Waals surface area contributed by atoms with E-state index in [0.29, 0.717) is 23.3 Å². The summed E-state index contributed by atoms with van der Waals surface area (Å²) in [4.78, 5) is 130. The monoisotopic (exact) mass is 1020 g/mol. The van der Waals surface area contributed by atoms with Gasteiger partial charge in [0, 0.05) is 82.4 Å². The highest BCUT2D eigenvalue weighted by atomic mass is 32.2. The van der Waals surface area contributed by atoms with Crippen LogP contribution in [0.15, 0.2) is 72.9 Å². The van der Waals surface area contributed by atoms with Crippen LogP contribution in [0.25, 0.3) is 0 Å². The SMILES string of the molecule is CC[C@@H]1NC(=O)[C@@H](NC(=O)c2ncccc2O)[C@H](C)OC(=O)[C@@H](c2ccccc2)NC(=O)[C@@H]2CC(=O)[C@H](CS[C@@H]3CN4CCC3CC4)CN2C(=O)[C@H](Cc2ccc(N(C)C)cc2)N(C)C(=O)[C@@H]2CCCN2C1=O. The number of hydrogen-bond acceptors (Lipinski definition) is 14. The number of pyridine rings is 1. The van der Waals surface area contributed by atoms with Crippen LogP contribution in [-0.4, -0.2) is 178 Å². The van der Waals surface area contributed by atoms with Crippen molar-refractivity contribution < 1.29 is 48.2 Å². The van der Waals surface area contributed by atoms with Crippen LogP contribution in [0.3, 0.4) is 0 Å². The Bertz CT molecular complexity index is 2540. The lowest BCUT2D eigenvalue weighted by atomic mass is 9.88. The van der Waals surface area contributed by atoms with E-state index in [4.69, 9.17) is 4.74 Å². The van der Waals surface area contributed by atoms with E-state index in [2.05, 4.69) is 25.8 Å². The number of piperidine rings is 4. The molecule has 390 valence electrons. The molecule has 6 aliphatic rings. The molecule has 0 saturated carbocycles. The molecule has 7 heterocycles. The number of aromatic hydroxyl groups is 1. The number of nitrogens with zero attached hydrogens (tertiary/aromatic N) is 6. The van der Waals surface area contributed by atoms with Gasteiger partial charge in [0.1, 0.15) is 47.8 Å². The first kappa shape index (κ1) is 52.8. The number of fused-ring (bicyclic) bond motifs is 5. The van der Waals surface area contributed by atoms with E-state index in [1.54, 1.807) is 49.0 Å². The summed E-state index contributed by atoms with van der Waals surface area (Å²) >= 11 is 1.73. The Labute approximate surface area is 430 Å². The van der Waals surface area contributed by atoms with Gasteiger partial charge in [-0.3, -0.25) is 33.6 Å². The molecule has 6 amide bonds. The van der Waals surface area contributed by atoms with Gasteiger partial charge in [-0.2, -0.15) is 11.8 Å². The number of nitrogens with one attached hydrogen (secondary N) is 3. The largest absolute Gasteiger partial charge is 0.505 e. The van der Waals surface area contributed by atoms with Crippen molar-refractivity contribution in [1.82, 2.24) is 40.5 Å². The molecular formula is C53H67N9O10S. The summed E-state index contributed by atoms with van der Waals surface area (Å²) in [6.07, 6.45) is 2.40. The number of anilines is 1. The molecule has 0 unspecified atom stereocenters. The molecule has 4 N–H and O–H groups in total. The van der Waals surface area contributed by atoms with Crippen molar-refractivity contribution in [2.45, 2.75) is 106 Å². The van der Waals surface area contributed by atoms with Gasteiger partial charge in [-0.05, 0) is 93.4 Å². The van der Waals surface area contributed by atoms with Crippen LogP contribution in [0.4, 0.5) is 5.69 Å². The highest BCUT2D eigenvalue weighted by Gasteiger charge is 2.48. The lowest BCUT2D eigenvalue weighted by molar-refractivity contribution is -0.157. The van der Waals surface area contributed by atoms with Crippen molar-refractivity contribution in [2.75, 3.05) is 64.5 Å². The molecule has 6 aliphatic heterocycles. The van der Waals surface area contributed by atoms with Crippen molar-refractivity contribution >= 4 is 64.6 Å². The maximum absolute atomic E-state index is 15.7. The first-order valence-corrected chi connectivity index (χ1v) is 26.4. The number of likely N-dealkylation sites (N-methyl/N-ethyl adjacent to an activating group) is 1. The average molecular weight is 1020 g/mol. The van der Waals surface area contributed by atoms with Gasteiger partial charge in [-0.1, -0.05) is 49.4 Å². The highest BCUT2D eigenvalue weighted by molar-refractivity contribution is 8.00. The molecular weight excluding hydrogens is 955 g/mol. The van der Waals surface area contributed by atoms with Crippen LogP contribution in [0.5, 0.6) is 5.75 Å². The number of Topliss-reactive ketones (excluding diaryl/α,β-unsaturated/α-hetero) is 1. The maximum atomic E-state index is 15.7. The number of carbonyl (C=O) groups is 8. The molecule has 0 spiro atoms. The molecule has 20 heteroatoms. The standard InChI is InChI=1S/C53H67N9O10S/c1-6-37-50(68)61-23-11-14-38(61)51(69)59(5)40(26-32-16-18-36(19-17-32)58(3)4)52(70)62-28-35(30-73-43-29-60-24-20-33(43)21-25-60)42(64)27-39(62)47(65)57-45(34-12-8-7-9-13-34)53(71)72-31(2)44(48(66)55-37)56-49(67)46-41(63)15-10-22-54-46/h7-10,12-13,15-19,22,31,33,35,37-40,43-45,63H,6,11,14,20-21,23-30H2,1-5H3,(H,55,66)(H,56,67)(H,57,65)/t31-,35-,37-,38-,39-,40-,43+,44-,45+/m0/s1. The molecule has 3 aromatic rings. The molecule has 2 aromatic carbocycles. The van der Waals surface area contributed by atoms with Crippen molar-refractivity contribution in [2.24, 2.45) is 11.8 Å². The Morgan fingerprint density at radius 3 is 2.23 bits per heavy atom. The van der Waals surface area contributed by atoms with E-state index in [1.807, 2.05) is 43.3 Å². The van der Waals surface area contributed by atoms with Crippen molar-refractivity contribution in [3.8, 4) is 5.75 Å². The van der Waals surface area contributed by atoms with E-state index in [0.717, 1.165) is 43.7 Å². The summed E-state index contributed by atoms with van der Waals surface area (Å²) in [6, 6.07) is 10.3. The summed E-state index contributed by atoms with van der Waals surface area (Å²) in [6.45, 7) is 6.11. The van der Waals surface area contributed by atoms with E-state index in [-0.39, 0.29) is 50.1 Å². The number of benzene rings is 2. The van der Waals surface area contributed by atoms with Gasteiger partial charge in [-0.25, -0.2) is 9.78 Å². The van der Waals surface area contributed by atoms with E-state index < -0.39 is 101 Å². The first-order valence-electron chi connectivity index (χ1n) is 25.3. The summed E-state index contributed by atoms with van der Waals surface area (Å²) in [5, 5.41) is 18.8. The molecule has 1 aromatic heterocycles. The third-order valence-corrected chi connectivity index (χ3v) is 16.7. The topological polar surface area (TPSA) is 231 Å². The molecule has 19 nitrogen and oxygen atoms in total. The molecule has 0 radical (unpaired) electrons. The number of ketones is 1. The number of carbonyl (C=O) groups excluding carboxylic acids is 8. The fourth-order valence-corrected chi connectivity index (χ4v) is 12.4. The molecule has 6 fully saturated rings. The van der Waals surface area contributed by atoms with E-state index in [9.17, 15) is 29.1 Å². The molecule has 6 saturated heterocycles. The zero-order valence-electron chi connectivity index (χ0n) is 42.1. The highest BCUT2D eigenvalue weighted by Crippen LogP contribution is 2.37. The van der Waals surface area contributed by atoms with Gasteiger partial charge in [0.2, 0.25) is 29.5 Å². The second kappa shape index (κ2) is 23.1. The minimum Gasteiger partial charge on any atom is -0.505 e. The minimum absolute atomic E-state index is 0.0289.